The Bertz CT molecular complexity index is 1340. The van der Waals surface area contributed by atoms with Crippen molar-refractivity contribution in [2.45, 2.75) is 0 Å². The van der Waals surface area contributed by atoms with Crippen LogP contribution in [0.1, 0.15) is 27.2 Å². The molecule has 2 N–H and O–H groups in total. The molecule has 0 fully saturated rings. The zero-order valence-corrected chi connectivity index (χ0v) is 17.9. The smallest absolute Gasteiger partial charge is 0.200 e. The summed E-state index contributed by atoms with van der Waals surface area (Å²) in [5, 5.41) is 0. The van der Waals surface area contributed by atoms with Gasteiger partial charge < -0.3 is 15.2 Å². The van der Waals surface area contributed by atoms with Gasteiger partial charge in [0, 0.05) is 11.8 Å². The van der Waals surface area contributed by atoms with Gasteiger partial charge in [-0.1, -0.05) is 24.4 Å². The molecule has 0 saturated heterocycles. The molecule has 0 aliphatic heterocycles. The fraction of sp³-hybridized carbons (Fsp3) is 0.0870. The number of nitrogen functional groups attached to an aromatic ring is 1. The van der Waals surface area contributed by atoms with E-state index in [0.717, 1.165) is 12.1 Å². The lowest BCUT2D eigenvalue weighted by atomic mass is 10.0. The Hall–Kier alpha value is -3.85. The zero-order valence-electron chi connectivity index (χ0n) is 17.1. The van der Waals surface area contributed by atoms with E-state index in [4.69, 9.17) is 27.4 Å². The van der Waals surface area contributed by atoms with Crippen LogP contribution in [0.3, 0.4) is 0 Å². The lowest BCUT2D eigenvalue weighted by Gasteiger charge is -2.14. The van der Waals surface area contributed by atoms with Crippen molar-refractivity contribution in [1.29, 1.82) is 0 Å². The highest BCUT2D eigenvalue weighted by molar-refractivity contribution is 7.81. The van der Waals surface area contributed by atoms with Crippen LogP contribution in [-0.2, 0) is 0 Å². The van der Waals surface area contributed by atoms with Crippen LogP contribution >= 0.6 is 12.2 Å². The number of aromatic nitrogens is 2. The summed E-state index contributed by atoms with van der Waals surface area (Å²) in [5.74, 6) is -1.68. The number of fused-ring (bicyclic) bond motifs is 1. The highest BCUT2D eigenvalue weighted by atomic mass is 32.1. The number of pyridine rings is 1. The summed E-state index contributed by atoms with van der Waals surface area (Å²) in [7, 11) is 3.00. The molecule has 0 aliphatic rings. The van der Waals surface area contributed by atoms with E-state index in [-0.39, 0.29) is 16.2 Å². The van der Waals surface area contributed by atoms with Crippen LogP contribution in [-0.4, -0.2) is 34.3 Å². The van der Waals surface area contributed by atoms with E-state index in [0.29, 0.717) is 28.4 Å². The molecule has 162 valence electrons. The Morgan fingerprint density at radius 2 is 1.56 bits per heavy atom. The number of thiocarbonyl (C=S) groups is 1. The third-order valence-electron chi connectivity index (χ3n) is 4.97. The van der Waals surface area contributed by atoms with Gasteiger partial charge in [0.05, 0.1) is 30.2 Å². The third-order valence-corrected chi connectivity index (χ3v) is 5.36. The average molecular weight is 453 g/mol. The zero-order chi connectivity index (χ0) is 23.0. The quantitative estimate of drug-likeness (QED) is 0.348. The van der Waals surface area contributed by atoms with Gasteiger partial charge in [0.15, 0.2) is 11.6 Å². The number of halogens is 2. The Morgan fingerprint density at radius 3 is 2.16 bits per heavy atom. The van der Waals surface area contributed by atoms with Crippen LogP contribution in [0.4, 0.5) is 14.6 Å². The number of hydrogen-bond acceptors (Lipinski definition) is 6. The molecule has 0 amide bonds. The SMILES string of the molecule is COc1cccc(OC)c1C(=S)c1c(N)nc2ccc(C(=O)c3c(F)cccc3F)cn12. The number of carbonyl (C=O) groups is 1. The normalized spacial score (nSPS) is 10.9. The topological polar surface area (TPSA) is 78.8 Å². The fourth-order valence-corrected chi connectivity index (χ4v) is 3.88. The van der Waals surface area contributed by atoms with Gasteiger partial charge in [-0.3, -0.25) is 9.20 Å². The van der Waals surface area contributed by atoms with Crippen LogP contribution in [0.2, 0.25) is 0 Å². The number of anilines is 1. The van der Waals surface area contributed by atoms with E-state index in [1.165, 1.54) is 43.0 Å². The van der Waals surface area contributed by atoms with E-state index in [9.17, 15) is 13.6 Å². The lowest BCUT2D eigenvalue weighted by molar-refractivity contribution is 0.103. The Kier molecular flexibility index (Phi) is 5.58. The van der Waals surface area contributed by atoms with Crippen LogP contribution in [0.25, 0.3) is 5.65 Å². The number of nitrogens with zero attached hydrogens (tertiary/aromatic N) is 2. The van der Waals surface area contributed by atoms with Gasteiger partial charge in [-0.15, -0.1) is 0 Å². The van der Waals surface area contributed by atoms with Crippen molar-refractivity contribution < 1.29 is 23.0 Å². The fourth-order valence-electron chi connectivity index (χ4n) is 3.48. The second-order valence-electron chi connectivity index (χ2n) is 6.78. The molecule has 32 heavy (non-hydrogen) atoms. The number of methoxy groups -OCH3 is 2. The summed E-state index contributed by atoms with van der Waals surface area (Å²) < 4.78 is 40.7. The van der Waals surface area contributed by atoms with Gasteiger partial charge in [0.2, 0.25) is 0 Å². The summed E-state index contributed by atoms with van der Waals surface area (Å²) in [6, 6.07) is 11.4. The first kappa shape index (κ1) is 21.4. The van der Waals surface area contributed by atoms with Gasteiger partial charge in [-0.25, -0.2) is 13.8 Å². The first-order valence-electron chi connectivity index (χ1n) is 9.39. The van der Waals surface area contributed by atoms with Gasteiger partial charge in [-0.05, 0) is 36.4 Å². The molecular weight excluding hydrogens is 436 g/mol. The van der Waals surface area contributed by atoms with E-state index in [1.54, 1.807) is 18.2 Å². The Labute approximate surface area is 187 Å². The van der Waals surface area contributed by atoms with Crippen LogP contribution in [0, 0.1) is 11.6 Å². The van der Waals surface area contributed by atoms with E-state index < -0.39 is 23.0 Å². The minimum absolute atomic E-state index is 0.0370. The number of rotatable bonds is 6. The Balaban J connectivity index is 1.89. The molecule has 0 saturated carbocycles. The van der Waals surface area contributed by atoms with Crippen molar-refractivity contribution >= 4 is 34.3 Å². The van der Waals surface area contributed by atoms with E-state index in [2.05, 4.69) is 4.98 Å². The first-order chi connectivity index (χ1) is 15.4. The van der Waals surface area contributed by atoms with E-state index >= 15 is 0 Å². The molecule has 9 heteroatoms. The van der Waals surface area contributed by atoms with E-state index in [1.807, 2.05) is 0 Å². The van der Waals surface area contributed by atoms with Crippen LogP contribution in [0.5, 0.6) is 11.5 Å². The number of imidazole rings is 1. The molecule has 0 spiro atoms. The molecule has 2 aromatic carbocycles. The highest BCUT2D eigenvalue weighted by Gasteiger charge is 2.24. The standard InChI is InChI=1S/C23H17F2N3O3S/c1-30-15-7-4-8-16(31-2)19(15)22(32)20-23(26)27-17-10-9-12(11-28(17)20)21(29)18-13(24)5-3-6-14(18)25/h3-11H,26H2,1-2H3. The molecule has 6 nitrogen and oxygen atoms in total. The Morgan fingerprint density at radius 1 is 0.969 bits per heavy atom. The summed E-state index contributed by atoms with van der Waals surface area (Å²) in [4.78, 5) is 17.4. The van der Waals surface area contributed by atoms with Crippen LogP contribution < -0.4 is 15.2 Å². The largest absolute Gasteiger partial charge is 0.496 e. The number of hydrogen-bond donors (Lipinski definition) is 1. The van der Waals surface area contributed by atoms with Crippen molar-refractivity contribution in [1.82, 2.24) is 9.38 Å². The number of carbonyl (C=O) groups excluding carboxylic acids is 1. The van der Waals surface area contributed by atoms with Gasteiger partial charge in [0.1, 0.15) is 34.5 Å². The maximum atomic E-state index is 14.2. The molecule has 0 bridgehead atoms. The van der Waals surface area contributed by atoms with Gasteiger partial charge in [-0.2, -0.15) is 0 Å². The minimum Gasteiger partial charge on any atom is -0.496 e. The molecule has 4 rings (SSSR count). The average Bonchev–Trinajstić information content (AvgIpc) is 3.12. The van der Waals surface area contributed by atoms with Crippen molar-refractivity contribution in [2.24, 2.45) is 0 Å². The molecular formula is C23H17F2N3O3S. The predicted octanol–water partition coefficient (Wildman–Crippen LogP) is 4.21. The van der Waals surface area contributed by atoms with Crippen molar-refractivity contribution in [3.05, 3.63) is 88.7 Å². The number of ether oxygens (including phenoxy) is 2. The lowest BCUT2D eigenvalue weighted by Crippen LogP contribution is -2.12. The van der Waals surface area contributed by atoms with Crippen molar-refractivity contribution in [3.8, 4) is 11.5 Å². The maximum Gasteiger partial charge on any atom is 0.200 e. The summed E-state index contributed by atoms with van der Waals surface area (Å²) in [6.45, 7) is 0. The van der Waals surface area contributed by atoms with Gasteiger partial charge >= 0.3 is 0 Å². The molecule has 2 aromatic heterocycles. The second kappa shape index (κ2) is 8.35. The maximum absolute atomic E-state index is 14.2. The third kappa shape index (κ3) is 3.46. The highest BCUT2D eigenvalue weighted by Crippen LogP contribution is 2.33. The molecule has 0 aliphatic carbocycles. The first-order valence-corrected chi connectivity index (χ1v) is 9.80. The molecule has 4 aromatic rings. The van der Waals surface area contributed by atoms with Crippen LogP contribution in [0.15, 0.2) is 54.7 Å². The molecule has 0 unspecified atom stereocenters. The summed E-state index contributed by atoms with van der Waals surface area (Å²) in [5.41, 5.74) is 6.76. The second-order valence-corrected chi connectivity index (χ2v) is 7.19. The molecule has 0 radical (unpaired) electrons. The number of ketones is 1. The number of nitrogens with two attached hydrogens (primary N) is 1. The van der Waals surface area contributed by atoms with Crippen molar-refractivity contribution in [2.75, 3.05) is 20.0 Å². The number of benzene rings is 2. The summed E-state index contributed by atoms with van der Waals surface area (Å²) >= 11 is 5.70. The monoisotopic (exact) mass is 453 g/mol. The minimum atomic E-state index is -0.949. The molecule has 2 heterocycles. The molecule has 0 atom stereocenters. The summed E-state index contributed by atoms with van der Waals surface area (Å²) in [6.07, 6.45) is 1.40. The predicted molar refractivity (Wildman–Crippen MR) is 120 cm³/mol. The van der Waals surface area contributed by atoms with Gasteiger partial charge in [0.25, 0.3) is 0 Å². The van der Waals surface area contributed by atoms with Crippen molar-refractivity contribution in [3.63, 3.8) is 0 Å².